The van der Waals surface area contributed by atoms with Crippen molar-refractivity contribution in [2.75, 3.05) is 38.3 Å². The number of hydrogen-bond donors (Lipinski definition) is 2. The zero-order valence-electron chi connectivity index (χ0n) is 13.8. The lowest BCUT2D eigenvalue weighted by molar-refractivity contribution is -0.239. The number of ether oxygens (including phenoxy) is 4. The van der Waals surface area contributed by atoms with Gasteiger partial charge in [-0.1, -0.05) is 18.7 Å². The quantitative estimate of drug-likeness (QED) is 0.820. The molecule has 2 saturated heterocycles. The highest BCUT2D eigenvalue weighted by atomic mass is 16.8. The van der Waals surface area contributed by atoms with Gasteiger partial charge in [-0.15, -0.1) is 5.73 Å². The molecule has 3 aliphatic rings. The zero-order chi connectivity index (χ0) is 17.3. The van der Waals surface area contributed by atoms with Crippen LogP contribution in [0.3, 0.4) is 0 Å². The highest BCUT2D eigenvalue weighted by molar-refractivity contribution is 5.90. The SMILES string of the molecule is C=C=CCNC(=O)Nc1cccc2c1C1(CC23OCCO3)OCCO1. The van der Waals surface area contributed by atoms with Crippen LogP contribution in [-0.2, 0) is 30.5 Å². The second-order valence-corrected chi connectivity index (χ2v) is 6.05. The minimum atomic E-state index is -0.954. The van der Waals surface area contributed by atoms with Crippen LogP contribution in [0.2, 0.25) is 0 Å². The lowest BCUT2D eigenvalue weighted by atomic mass is 10.0. The van der Waals surface area contributed by atoms with Gasteiger partial charge in [0.1, 0.15) is 0 Å². The second-order valence-electron chi connectivity index (χ2n) is 6.05. The van der Waals surface area contributed by atoms with E-state index in [9.17, 15) is 4.79 Å². The summed E-state index contributed by atoms with van der Waals surface area (Å²) in [5, 5.41) is 5.58. The average molecular weight is 344 g/mol. The fourth-order valence-electron chi connectivity index (χ4n) is 3.67. The zero-order valence-corrected chi connectivity index (χ0v) is 13.8. The van der Waals surface area contributed by atoms with Crippen molar-refractivity contribution in [3.05, 3.63) is 47.7 Å². The number of nitrogens with one attached hydrogen (secondary N) is 2. The Morgan fingerprint density at radius 1 is 1.16 bits per heavy atom. The number of rotatable bonds is 3. The highest BCUT2D eigenvalue weighted by Gasteiger charge is 2.60. The molecule has 25 heavy (non-hydrogen) atoms. The van der Waals surface area contributed by atoms with E-state index >= 15 is 0 Å². The molecule has 2 spiro atoms. The van der Waals surface area contributed by atoms with Gasteiger partial charge in [-0.2, -0.15) is 0 Å². The molecule has 2 fully saturated rings. The van der Waals surface area contributed by atoms with Gasteiger partial charge in [0.2, 0.25) is 11.6 Å². The van der Waals surface area contributed by atoms with Crippen molar-refractivity contribution in [1.82, 2.24) is 5.32 Å². The van der Waals surface area contributed by atoms with E-state index in [0.29, 0.717) is 45.1 Å². The maximum atomic E-state index is 12.2. The van der Waals surface area contributed by atoms with Crippen LogP contribution in [0.1, 0.15) is 17.5 Å². The van der Waals surface area contributed by atoms with Gasteiger partial charge in [0.15, 0.2) is 0 Å². The van der Waals surface area contributed by atoms with E-state index in [1.54, 1.807) is 6.08 Å². The predicted octanol–water partition coefficient (Wildman–Crippen LogP) is 1.95. The molecular formula is C18H20N2O5. The van der Waals surface area contributed by atoms with Crippen molar-refractivity contribution in [1.29, 1.82) is 0 Å². The van der Waals surface area contributed by atoms with E-state index in [4.69, 9.17) is 18.9 Å². The van der Waals surface area contributed by atoms with Gasteiger partial charge in [0.25, 0.3) is 0 Å². The van der Waals surface area contributed by atoms with Gasteiger partial charge in [0, 0.05) is 17.7 Å². The van der Waals surface area contributed by atoms with Crippen molar-refractivity contribution < 1.29 is 23.7 Å². The molecule has 132 valence electrons. The van der Waals surface area contributed by atoms with Crippen molar-refractivity contribution in [2.24, 2.45) is 0 Å². The Kier molecular flexibility index (Phi) is 4.11. The molecule has 2 N–H and O–H groups in total. The lowest BCUT2D eigenvalue weighted by Crippen LogP contribution is -2.32. The molecule has 2 heterocycles. The van der Waals surface area contributed by atoms with Gasteiger partial charge >= 0.3 is 6.03 Å². The molecule has 0 unspecified atom stereocenters. The summed E-state index contributed by atoms with van der Waals surface area (Å²) in [4.78, 5) is 12.2. The molecule has 0 radical (unpaired) electrons. The molecule has 0 saturated carbocycles. The summed E-state index contributed by atoms with van der Waals surface area (Å²) >= 11 is 0. The van der Waals surface area contributed by atoms with Crippen LogP contribution in [-0.4, -0.2) is 39.0 Å². The normalized spacial score (nSPS) is 21.9. The number of hydrogen-bond acceptors (Lipinski definition) is 5. The first kappa shape index (κ1) is 16.3. The standard InChI is InChI=1S/C18H20N2O5/c1-2-3-7-19-16(21)20-14-6-4-5-13-15(14)18(24-10-11-25-18)12-17(13)22-8-9-23-17/h3-6H,1,7-12H2,(H2,19,20,21). The van der Waals surface area contributed by atoms with Crippen molar-refractivity contribution >= 4 is 11.7 Å². The molecule has 7 nitrogen and oxygen atoms in total. The Hall–Kier alpha value is -2.15. The maximum Gasteiger partial charge on any atom is 0.319 e. The van der Waals surface area contributed by atoms with Crippen LogP contribution in [0.15, 0.2) is 36.6 Å². The van der Waals surface area contributed by atoms with Crippen molar-refractivity contribution in [3.63, 3.8) is 0 Å². The molecule has 2 aliphatic heterocycles. The predicted molar refractivity (Wildman–Crippen MR) is 89.0 cm³/mol. The number of carbonyl (C=O) groups is 1. The van der Waals surface area contributed by atoms with Crippen molar-refractivity contribution in [3.8, 4) is 0 Å². The van der Waals surface area contributed by atoms with E-state index in [1.807, 2.05) is 18.2 Å². The van der Waals surface area contributed by atoms with Crippen LogP contribution in [0.5, 0.6) is 0 Å². The molecule has 0 aromatic heterocycles. The Morgan fingerprint density at radius 3 is 2.52 bits per heavy atom. The summed E-state index contributed by atoms with van der Waals surface area (Å²) in [5.74, 6) is -1.83. The van der Waals surface area contributed by atoms with Crippen LogP contribution >= 0.6 is 0 Å². The third-order valence-corrected chi connectivity index (χ3v) is 4.59. The van der Waals surface area contributed by atoms with Gasteiger partial charge < -0.3 is 29.6 Å². The second kappa shape index (κ2) is 6.29. The van der Waals surface area contributed by atoms with Crippen LogP contribution in [0, 0.1) is 0 Å². The van der Waals surface area contributed by atoms with Gasteiger partial charge in [0.05, 0.1) is 38.5 Å². The lowest BCUT2D eigenvalue weighted by Gasteiger charge is -2.26. The van der Waals surface area contributed by atoms with Crippen LogP contribution in [0.4, 0.5) is 10.5 Å². The topological polar surface area (TPSA) is 78.1 Å². The fourth-order valence-corrected chi connectivity index (χ4v) is 3.67. The first-order valence-electron chi connectivity index (χ1n) is 8.28. The monoisotopic (exact) mass is 344 g/mol. The third-order valence-electron chi connectivity index (χ3n) is 4.59. The first-order valence-corrected chi connectivity index (χ1v) is 8.28. The fraction of sp³-hybridized carbons (Fsp3) is 0.444. The van der Waals surface area contributed by atoms with Gasteiger partial charge in [-0.3, -0.25) is 0 Å². The summed E-state index contributed by atoms with van der Waals surface area (Å²) in [7, 11) is 0. The number of urea groups is 1. The van der Waals surface area contributed by atoms with E-state index in [0.717, 1.165) is 11.1 Å². The van der Waals surface area contributed by atoms with Gasteiger partial charge in [-0.05, 0) is 12.1 Å². The van der Waals surface area contributed by atoms with E-state index in [2.05, 4.69) is 22.9 Å². The van der Waals surface area contributed by atoms with E-state index in [1.165, 1.54) is 0 Å². The minimum Gasteiger partial charge on any atom is -0.343 e. The molecule has 7 heteroatoms. The highest BCUT2D eigenvalue weighted by Crippen LogP contribution is 2.57. The third kappa shape index (κ3) is 2.66. The van der Waals surface area contributed by atoms with Crippen LogP contribution in [0.25, 0.3) is 0 Å². The molecule has 1 aromatic carbocycles. The summed E-state index contributed by atoms with van der Waals surface area (Å²) in [6.45, 7) is 5.81. The summed E-state index contributed by atoms with van der Waals surface area (Å²) in [6.07, 6.45) is 2.05. The molecular weight excluding hydrogens is 324 g/mol. The smallest absolute Gasteiger partial charge is 0.319 e. The Balaban J connectivity index is 1.69. The Bertz CT molecular complexity index is 729. The summed E-state index contributed by atoms with van der Waals surface area (Å²) in [5.41, 5.74) is 4.84. The number of carbonyl (C=O) groups excluding carboxylic acids is 1. The molecule has 0 atom stereocenters. The number of benzene rings is 1. The number of anilines is 1. The molecule has 0 bridgehead atoms. The van der Waals surface area contributed by atoms with Crippen LogP contribution < -0.4 is 10.6 Å². The molecule has 2 amide bonds. The molecule has 1 aromatic rings. The largest absolute Gasteiger partial charge is 0.343 e. The Labute approximate surface area is 145 Å². The van der Waals surface area contributed by atoms with E-state index < -0.39 is 11.6 Å². The Morgan fingerprint density at radius 2 is 1.84 bits per heavy atom. The number of amides is 2. The van der Waals surface area contributed by atoms with Gasteiger partial charge in [-0.25, -0.2) is 4.79 Å². The average Bonchev–Trinajstić information content (AvgIpc) is 3.31. The summed E-state index contributed by atoms with van der Waals surface area (Å²) in [6, 6.07) is 5.29. The van der Waals surface area contributed by atoms with E-state index in [-0.39, 0.29) is 6.03 Å². The maximum absolute atomic E-state index is 12.2. The first-order chi connectivity index (χ1) is 12.2. The summed E-state index contributed by atoms with van der Waals surface area (Å²) < 4.78 is 23.8. The minimum absolute atomic E-state index is 0.331. The number of fused-ring (bicyclic) bond motifs is 3. The molecule has 1 aliphatic carbocycles. The van der Waals surface area contributed by atoms with Crippen molar-refractivity contribution in [2.45, 2.75) is 18.0 Å². The molecule has 4 rings (SSSR count).